The van der Waals surface area contributed by atoms with Gasteiger partial charge < -0.3 is 10.0 Å². The fourth-order valence-electron chi connectivity index (χ4n) is 2.72. The van der Waals surface area contributed by atoms with E-state index in [1.165, 1.54) is 25.9 Å². The second kappa shape index (κ2) is 6.32. The lowest BCUT2D eigenvalue weighted by molar-refractivity contribution is 0.0690. The van der Waals surface area contributed by atoms with Crippen LogP contribution in [0.25, 0.3) is 0 Å². The summed E-state index contributed by atoms with van der Waals surface area (Å²) in [5.41, 5.74) is 0.883. The van der Waals surface area contributed by atoms with Crippen molar-refractivity contribution in [1.82, 2.24) is 14.9 Å². The molecular weight excluding hydrogens is 286 g/mol. The largest absolute Gasteiger partial charge is 0.478 e. The minimum Gasteiger partial charge on any atom is -0.478 e. The third kappa shape index (κ3) is 3.55. The SMILES string of the molecule is Cc1nc(C2CC2)nc(SCCN2CCCC2)c1C(=O)O. The highest BCUT2D eigenvalue weighted by atomic mass is 32.2. The van der Waals surface area contributed by atoms with Gasteiger partial charge in [-0.05, 0) is 45.7 Å². The molecular formula is C15H21N3O2S. The summed E-state index contributed by atoms with van der Waals surface area (Å²) in [5, 5.41) is 10.0. The standard InChI is InChI=1S/C15H21N3O2S/c1-10-12(15(19)20)14(17-13(16-10)11-4-5-11)21-9-8-18-6-2-3-7-18/h11H,2-9H2,1H3,(H,19,20). The van der Waals surface area contributed by atoms with Crippen LogP contribution in [0, 0.1) is 6.92 Å². The third-order valence-electron chi connectivity index (χ3n) is 4.08. The van der Waals surface area contributed by atoms with Gasteiger partial charge in [-0.25, -0.2) is 14.8 Å². The highest BCUT2D eigenvalue weighted by Gasteiger charge is 2.29. The van der Waals surface area contributed by atoms with Gasteiger partial charge in [0.2, 0.25) is 0 Å². The predicted octanol–water partition coefficient (Wildman–Crippen LogP) is 2.55. The van der Waals surface area contributed by atoms with E-state index in [0.717, 1.165) is 31.0 Å². The Labute approximate surface area is 129 Å². The summed E-state index contributed by atoms with van der Waals surface area (Å²) in [5.74, 6) is 1.25. The molecule has 0 bridgehead atoms. The molecule has 0 unspecified atom stereocenters. The van der Waals surface area contributed by atoms with Crippen molar-refractivity contribution in [2.45, 2.75) is 43.6 Å². The van der Waals surface area contributed by atoms with Crippen LogP contribution in [0.3, 0.4) is 0 Å². The van der Waals surface area contributed by atoms with Crippen LogP contribution in [0.4, 0.5) is 0 Å². The molecule has 0 spiro atoms. The van der Waals surface area contributed by atoms with Crippen molar-refractivity contribution in [3.63, 3.8) is 0 Å². The van der Waals surface area contributed by atoms with Crippen LogP contribution in [0.2, 0.25) is 0 Å². The molecule has 0 atom stereocenters. The normalized spacial score (nSPS) is 19.1. The lowest BCUT2D eigenvalue weighted by Gasteiger charge is -2.14. The van der Waals surface area contributed by atoms with Crippen molar-refractivity contribution in [2.24, 2.45) is 0 Å². The van der Waals surface area contributed by atoms with Crippen molar-refractivity contribution in [1.29, 1.82) is 0 Å². The molecule has 2 heterocycles. The molecule has 0 aromatic carbocycles. The number of aromatic nitrogens is 2. The van der Waals surface area contributed by atoms with Gasteiger partial charge in [-0.2, -0.15) is 0 Å². The van der Waals surface area contributed by atoms with Crippen LogP contribution >= 0.6 is 11.8 Å². The van der Waals surface area contributed by atoms with E-state index in [-0.39, 0.29) is 5.56 Å². The van der Waals surface area contributed by atoms with Crippen LogP contribution in [0.15, 0.2) is 5.03 Å². The number of aromatic carboxylic acids is 1. The second-order valence-corrected chi connectivity index (χ2v) is 6.91. The number of nitrogens with zero attached hydrogens (tertiary/aromatic N) is 3. The van der Waals surface area contributed by atoms with Crippen molar-refractivity contribution in [2.75, 3.05) is 25.4 Å². The molecule has 2 fully saturated rings. The van der Waals surface area contributed by atoms with Crippen molar-refractivity contribution < 1.29 is 9.90 Å². The van der Waals surface area contributed by atoms with Crippen LogP contribution in [0.5, 0.6) is 0 Å². The van der Waals surface area contributed by atoms with E-state index < -0.39 is 5.97 Å². The molecule has 0 radical (unpaired) electrons. The highest BCUT2D eigenvalue weighted by Crippen LogP contribution is 2.39. The maximum absolute atomic E-state index is 11.5. The maximum atomic E-state index is 11.5. The first-order valence-corrected chi connectivity index (χ1v) is 8.60. The lowest BCUT2D eigenvalue weighted by Crippen LogP contribution is -2.22. The van der Waals surface area contributed by atoms with Gasteiger partial charge in [0.25, 0.3) is 0 Å². The van der Waals surface area contributed by atoms with Gasteiger partial charge in [0.05, 0.1) is 5.69 Å². The van der Waals surface area contributed by atoms with Gasteiger partial charge in [0.1, 0.15) is 16.4 Å². The predicted molar refractivity (Wildman–Crippen MR) is 82.1 cm³/mol. The van der Waals surface area contributed by atoms with Crippen LogP contribution in [0.1, 0.15) is 53.5 Å². The van der Waals surface area contributed by atoms with Gasteiger partial charge in [-0.15, -0.1) is 11.8 Å². The summed E-state index contributed by atoms with van der Waals surface area (Å²) in [6.45, 7) is 5.12. The molecule has 1 saturated heterocycles. The zero-order valence-electron chi connectivity index (χ0n) is 12.3. The number of hydrogen-bond donors (Lipinski definition) is 1. The lowest BCUT2D eigenvalue weighted by atomic mass is 10.2. The summed E-state index contributed by atoms with van der Waals surface area (Å²) in [6, 6.07) is 0. The number of hydrogen-bond acceptors (Lipinski definition) is 5. The second-order valence-electron chi connectivity index (χ2n) is 5.82. The quantitative estimate of drug-likeness (QED) is 0.643. The number of aryl methyl sites for hydroxylation is 1. The zero-order valence-corrected chi connectivity index (χ0v) is 13.2. The van der Waals surface area contributed by atoms with Crippen LogP contribution in [-0.2, 0) is 0 Å². The number of carboxylic acids is 1. The summed E-state index contributed by atoms with van der Waals surface area (Å²) in [6.07, 6.45) is 4.82. The summed E-state index contributed by atoms with van der Waals surface area (Å²) < 4.78 is 0. The van der Waals surface area contributed by atoms with E-state index in [0.29, 0.717) is 16.6 Å². The molecule has 6 heteroatoms. The Hall–Kier alpha value is -1.14. The summed E-state index contributed by atoms with van der Waals surface area (Å²) in [4.78, 5) is 22.8. The number of thioether (sulfide) groups is 1. The van der Waals surface area contributed by atoms with Crippen molar-refractivity contribution in [3.05, 3.63) is 17.1 Å². The minimum absolute atomic E-state index is 0.283. The third-order valence-corrected chi connectivity index (χ3v) is 5.03. The Kier molecular flexibility index (Phi) is 4.45. The van der Waals surface area contributed by atoms with Gasteiger partial charge >= 0.3 is 5.97 Å². The first-order chi connectivity index (χ1) is 10.1. The van der Waals surface area contributed by atoms with Crippen LogP contribution < -0.4 is 0 Å². The van der Waals surface area contributed by atoms with E-state index in [9.17, 15) is 9.90 Å². The summed E-state index contributed by atoms with van der Waals surface area (Å²) >= 11 is 1.56. The fraction of sp³-hybridized carbons (Fsp3) is 0.667. The van der Waals surface area contributed by atoms with Crippen molar-refractivity contribution >= 4 is 17.7 Å². The molecule has 114 valence electrons. The molecule has 0 amide bonds. The first-order valence-electron chi connectivity index (χ1n) is 7.62. The molecule has 1 aromatic heterocycles. The Morgan fingerprint density at radius 2 is 2.05 bits per heavy atom. The molecule has 1 N–H and O–H groups in total. The van der Waals surface area contributed by atoms with E-state index in [4.69, 9.17) is 0 Å². The molecule has 5 nitrogen and oxygen atoms in total. The molecule has 2 aliphatic rings. The first kappa shape index (κ1) is 14.8. The topological polar surface area (TPSA) is 66.3 Å². The number of carboxylic acid groups (broad SMARTS) is 1. The molecule has 21 heavy (non-hydrogen) atoms. The summed E-state index contributed by atoms with van der Waals surface area (Å²) in [7, 11) is 0. The zero-order chi connectivity index (χ0) is 14.8. The maximum Gasteiger partial charge on any atom is 0.340 e. The minimum atomic E-state index is -0.918. The Bertz CT molecular complexity index is 540. The molecule has 3 rings (SSSR count). The van der Waals surface area contributed by atoms with Crippen molar-refractivity contribution in [3.8, 4) is 0 Å². The fourth-order valence-corrected chi connectivity index (χ4v) is 3.80. The number of likely N-dealkylation sites (tertiary alicyclic amines) is 1. The van der Waals surface area contributed by atoms with E-state index in [1.54, 1.807) is 18.7 Å². The monoisotopic (exact) mass is 307 g/mol. The van der Waals surface area contributed by atoms with Crippen LogP contribution in [-0.4, -0.2) is 51.3 Å². The van der Waals surface area contributed by atoms with Gasteiger partial charge in [0.15, 0.2) is 0 Å². The number of rotatable bonds is 6. The Morgan fingerprint density at radius 3 is 2.67 bits per heavy atom. The number of carbonyl (C=O) groups is 1. The Morgan fingerprint density at radius 1 is 1.33 bits per heavy atom. The molecule has 1 aliphatic carbocycles. The van der Waals surface area contributed by atoms with E-state index in [1.807, 2.05) is 0 Å². The van der Waals surface area contributed by atoms with Gasteiger partial charge in [-0.3, -0.25) is 0 Å². The average Bonchev–Trinajstić information content (AvgIpc) is 3.16. The van der Waals surface area contributed by atoms with E-state index >= 15 is 0 Å². The Balaban J connectivity index is 1.72. The molecule has 1 saturated carbocycles. The van der Waals surface area contributed by atoms with E-state index in [2.05, 4.69) is 14.9 Å². The highest BCUT2D eigenvalue weighted by molar-refractivity contribution is 7.99. The smallest absolute Gasteiger partial charge is 0.340 e. The van der Waals surface area contributed by atoms with Gasteiger partial charge in [0, 0.05) is 18.2 Å². The molecule has 1 aliphatic heterocycles. The molecule has 1 aromatic rings. The van der Waals surface area contributed by atoms with Gasteiger partial charge in [-0.1, -0.05) is 0 Å². The average molecular weight is 307 g/mol.